The van der Waals surface area contributed by atoms with Crippen LogP contribution in [0, 0.1) is 12.3 Å². The van der Waals surface area contributed by atoms with Gasteiger partial charge in [-0.25, -0.2) is 0 Å². The molecule has 1 unspecified atom stereocenters. The summed E-state index contributed by atoms with van der Waals surface area (Å²) in [7, 11) is -1.58. The maximum atomic E-state index is 12.7. The molecule has 0 aromatic heterocycles. The molecule has 1 aliphatic rings. The van der Waals surface area contributed by atoms with E-state index in [-0.39, 0.29) is 12.6 Å². The molecule has 0 spiro atoms. The van der Waals surface area contributed by atoms with Crippen molar-refractivity contribution in [2.45, 2.75) is 38.6 Å². The van der Waals surface area contributed by atoms with Crippen molar-refractivity contribution in [1.82, 2.24) is 13.9 Å². The molecule has 1 saturated heterocycles. The number of likely N-dealkylation sites (N-methyl/N-ethyl adjacent to an activating group) is 1. The van der Waals surface area contributed by atoms with E-state index in [1.807, 2.05) is 14.0 Å². The zero-order valence-corrected chi connectivity index (χ0v) is 12.7. The minimum Gasteiger partial charge on any atom is -0.318 e. The molecule has 110 valence electrons. The van der Waals surface area contributed by atoms with E-state index in [9.17, 15) is 8.42 Å². The van der Waals surface area contributed by atoms with Crippen molar-refractivity contribution in [2.75, 3.05) is 33.2 Å². The molecule has 1 aliphatic heterocycles. The predicted molar refractivity (Wildman–Crippen MR) is 77.9 cm³/mol. The smallest absolute Gasteiger partial charge is 0.283 e. The number of piperidine rings is 1. The fourth-order valence-electron chi connectivity index (χ4n) is 2.49. The van der Waals surface area contributed by atoms with Crippen LogP contribution in [0.3, 0.4) is 0 Å². The maximum absolute atomic E-state index is 12.7. The van der Waals surface area contributed by atoms with Crippen LogP contribution < -0.4 is 5.32 Å². The molecule has 1 fully saturated rings. The first-order chi connectivity index (χ1) is 9.07. The summed E-state index contributed by atoms with van der Waals surface area (Å²) in [4.78, 5) is 0. The lowest BCUT2D eigenvalue weighted by Crippen LogP contribution is -2.53. The second-order valence-electron chi connectivity index (χ2n) is 4.86. The van der Waals surface area contributed by atoms with Crippen LogP contribution in [0.4, 0.5) is 0 Å². The Kier molecular flexibility index (Phi) is 6.80. The number of terminal acetylenes is 1. The molecule has 5 nitrogen and oxygen atoms in total. The molecule has 1 rings (SSSR count). The molecule has 1 N–H and O–H groups in total. The average molecular weight is 287 g/mol. The zero-order valence-electron chi connectivity index (χ0n) is 11.9. The number of hydrogen-bond donors (Lipinski definition) is 1. The van der Waals surface area contributed by atoms with Crippen LogP contribution in [0.15, 0.2) is 0 Å². The van der Waals surface area contributed by atoms with Crippen molar-refractivity contribution in [3.05, 3.63) is 0 Å². The molecular weight excluding hydrogens is 262 g/mol. The number of nitrogens with zero attached hydrogens (tertiary/aromatic N) is 2. The van der Waals surface area contributed by atoms with Gasteiger partial charge in [-0.3, -0.25) is 0 Å². The number of hydrogen-bond acceptors (Lipinski definition) is 3. The quantitative estimate of drug-likeness (QED) is 0.700. The Bertz CT molecular complexity index is 401. The Hall–Kier alpha value is -0.610. The lowest BCUT2D eigenvalue weighted by atomic mass is 10.1. The van der Waals surface area contributed by atoms with Gasteiger partial charge in [0.25, 0.3) is 10.2 Å². The first kappa shape index (κ1) is 16.4. The number of nitrogens with one attached hydrogen (secondary N) is 1. The lowest BCUT2D eigenvalue weighted by molar-refractivity contribution is 0.231. The maximum Gasteiger partial charge on any atom is 0.283 e. The summed E-state index contributed by atoms with van der Waals surface area (Å²) in [6.45, 7) is 3.88. The highest BCUT2D eigenvalue weighted by molar-refractivity contribution is 7.86. The molecule has 1 heterocycles. The van der Waals surface area contributed by atoms with E-state index in [4.69, 9.17) is 6.42 Å². The highest BCUT2D eigenvalue weighted by Gasteiger charge is 2.35. The van der Waals surface area contributed by atoms with E-state index in [2.05, 4.69) is 11.2 Å². The van der Waals surface area contributed by atoms with Gasteiger partial charge in [-0.15, -0.1) is 6.42 Å². The standard InChI is InChI=1S/C13H25N3O2S/c1-4-9-15(10-5-2)19(17,18)16-11-7-6-8-13(16)12-14-3/h1,13-14H,5-12H2,2-3H3. The minimum atomic E-state index is -3.44. The molecule has 0 aromatic rings. The highest BCUT2D eigenvalue weighted by atomic mass is 32.2. The van der Waals surface area contributed by atoms with Gasteiger partial charge in [-0.1, -0.05) is 19.3 Å². The van der Waals surface area contributed by atoms with Gasteiger partial charge in [0.05, 0.1) is 6.54 Å². The summed E-state index contributed by atoms with van der Waals surface area (Å²) >= 11 is 0. The SMILES string of the molecule is C#CCN(CCC)S(=O)(=O)N1CCCCC1CNC. The molecule has 6 heteroatoms. The second kappa shape index (κ2) is 7.85. The van der Waals surface area contributed by atoms with Gasteiger partial charge < -0.3 is 5.32 Å². The Labute approximate surface area is 117 Å². The molecule has 0 amide bonds. The Morgan fingerprint density at radius 1 is 1.47 bits per heavy atom. The van der Waals surface area contributed by atoms with Gasteiger partial charge in [0.1, 0.15) is 0 Å². The van der Waals surface area contributed by atoms with Crippen molar-refractivity contribution in [1.29, 1.82) is 0 Å². The van der Waals surface area contributed by atoms with Crippen LogP contribution in [0.5, 0.6) is 0 Å². The van der Waals surface area contributed by atoms with E-state index in [0.717, 1.165) is 25.7 Å². The number of rotatable bonds is 7. The molecule has 0 aromatic carbocycles. The fourth-order valence-corrected chi connectivity index (χ4v) is 4.36. The van der Waals surface area contributed by atoms with Crippen LogP contribution in [0.1, 0.15) is 32.6 Å². The zero-order chi connectivity index (χ0) is 14.3. The summed E-state index contributed by atoms with van der Waals surface area (Å²) in [5, 5.41) is 3.08. The summed E-state index contributed by atoms with van der Waals surface area (Å²) in [6.07, 6.45) is 8.99. The predicted octanol–water partition coefficient (Wildman–Crippen LogP) is 0.650. The van der Waals surface area contributed by atoms with E-state index in [1.54, 1.807) is 4.31 Å². The summed E-state index contributed by atoms with van der Waals surface area (Å²) in [5.74, 6) is 2.45. The van der Waals surface area contributed by atoms with E-state index < -0.39 is 10.2 Å². The Morgan fingerprint density at radius 3 is 2.79 bits per heavy atom. The third-order valence-corrected chi connectivity index (χ3v) is 5.41. The minimum absolute atomic E-state index is 0.0425. The first-order valence-corrected chi connectivity index (χ1v) is 8.32. The van der Waals surface area contributed by atoms with Crippen LogP contribution in [-0.2, 0) is 10.2 Å². The molecule has 0 aliphatic carbocycles. The first-order valence-electron chi connectivity index (χ1n) is 6.92. The van der Waals surface area contributed by atoms with Gasteiger partial charge in [0.2, 0.25) is 0 Å². The van der Waals surface area contributed by atoms with Gasteiger partial charge >= 0.3 is 0 Å². The topological polar surface area (TPSA) is 52.7 Å². The normalized spacial score (nSPS) is 21.5. The largest absolute Gasteiger partial charge is 0.318 e. The molecule has 1 atom stereocenters. The van der Waals surface area contributed by atoms with Crippen LogP contribution >= 0.6 is 0 Å². The highest BCUT2D eigenvalue weighted by Crippen LogP contribution is 2.22. The van der Waals surface area contributed by atoms with Crippen molar-refractivity contribution < 1.29 is 8.42 Å². The van der Waals surface area contributed by atoms with Crippen LogP contribution in [0.2, 0.25) is 0 Å². The summed E-state index contributed by atoms with van der Waals surface area (Å²) in [6, 6.07) is 0.0425. The van der Waals surface area contributed by atoms with Crippen molar-refractivity contribution in [2.24, 2.45) is 0 Å². The average Bonchev–Trinajstić information content (AvgIpc) is 2.39. The van der Waals surface area contributed by atoms with Crippen molar-refractivity contribution in [3.8, 4) is 12.3 Å². The van der Waals surface area contributed by atoms with Crippen LogP contribution in [0.25, 0.3) is 0 Å². The van der Waals surface area contributed by atoms with E-state index >= 15 is 0 Å². The van der Waals surface area contributed by atoms with Gasteiger partial charge in [-0.2, -0.15) is 17.0 Å². The lowest BCUT2D eigenvalue weighted by Gasteiger charge is -2.37. The molecule has 0 bridgehead atoms. The van der Waals surface area contributed by atoms with Gasteiger partial charge in [0, 0.05) is 25.7 Å². The molecule has 0 radical (unpaired) electrons. The third-order valence-electron chi connectivity index (χ3n) is 3.38. The van der Waals surface area contributed by atoms with Crippen LogP contribution in [-0.4, -0.2) is 56.3 Å². The summed E-state index contributed by atoms with van der Waals surface area (Å²) in [5.41, 5.74) is 0. The van der Waals surface area contributed by atoms with Crippen molar-refractivity contribution in [3.63, 3.8) is 0 Å². The van der Waals surface area contributed by atoms with E-state index in [0.29, 0.717) is 19.6 Å². The molecule has 0 saturated carbocycles. The molecule has 19 heavy (non-hydrogen) atoms. The van der Waals surface area contributed by atoms with Gasteiger partial charge in [0.15, 0.2) is 0 Å². The Balaban J connectivity index is 2.90. The van der Waals surface area contributed by atoms with Crippen molar-refractivity contribution >= 4 is 10.2 Å². The second-order valence-corrected chi connectivity index (χ2v) is 6.74. The molecular formula is C13H25N3O2S. The van der Waals surface area contributed by atoms with Gasteiger partial charge in [-0.05, 0) is 26.3 Å². The van der Waals surface area contributed by atoms with E-state index in [1.165, 1.54) is 4.31 Å². The third kappa shape index (κ3) is 4.18. The fraction of sp³-hybridized carbons (Fsp3) is 0.846. The Morgan fingerprint density at radius 2 is 2.21 bits per heavy atom. The monoisotopic (exact) mass is 287 g/mol. The summed E-state index contributed by atoms with van der Waals surface area (Å²) < 4.78 is 28.4.